The molecule has 21 rings (SSSR count). The fourth-order valence-electron chi connectivity index (χ4n) is 16.6. The van der Waals surface area contributed by atoms with Crippen LogP contribution in [-0.4, -0.2) is 31.7 Å². The van der Waals surface area contributed by atoms with Crippen LogP contribution in [0, 0.1) is 0 Å². The van der Waals surface area contributed by atoms with Crippen LogP contribution in [0.2, 0.25) is 0 Å². The Hall–Kier alpha value is -11.2. The number of hydrogen-bond donors (Lipinski definition) is 0. The number of rotatable bonds is 6. The Morgan fingerprint density at radius 1 is 0.209 bits per heavy atom. The zero-order valence-corrected chi connectivity index (χ0v) is 46.4. The predicted molar refractivity (Wildman–Crippen MR) is 362 cm³/mol. The van der Waals surface area contributed by atoms with Gasteiger partial charge >= 0.3 is 0 Å². The molecule has 0 spiro atoms. The first kappa shape index (κ1) is 45.3. The van der Waals surface area contributed by atoms with E-state index in [1.807, 2.05) is 0 Å². The van der Waals surface area contributed by atoms with Gasteiger partial charge in [-0.05, 0) is 148 Å². The van der Waals surface area contributed by atoms with E-state index < -0.39 is 0 Å². The van der Waals surface area contributed by atoms with Crippen molar-refractivity contribution in [3.8, 4) is 22.7 Å². The lowest BCUT2D eigenvalue weighted by atomic mass is 9.31. The lowest BCUT2D eigenvalue weighted by molar-refractivity contribution is 1.14. The molecule has 13 aromatic carbocycles. The molecule has 4 aromatic heterocycles. The molecule has 17 aromatic rings. The summed E-state index contributed by atoms with van der Waals surface area (Å²) < 4.78 is 10.5. The first-order valence-electron chi connectivity index (χ1n) is 30.0. The number of para-hydroxylation sites is 8. The van der Waals surface area contributed by atoms with Crippen LogP contribution in [-0.2, 0) is 0 Å². The summed E-state index contributed by atoms with van der Waals surface area (Å²) >= 11 is 0. The molecule has 0 aliphatic carbocycles. The summed E-state index contributed by atoms with van der Waals surface area (Å²) in [4.78, 5) is 4.82. The van der Waals surface area contributed by atoms with E-state index in [-0.39, 0.29) is 13.4 Å². The molecule has 0 radical (unpaired) electrons. The standard InChI is InChI=1S/C78H46B2N6/c1-5-21-47(22-6-1)81(48-23-7-2-8-24-48)51-37-39-61-69(41-51)83-65-33-17-13-29-53(65)57-43-59-55-31-15-19-35-67(55)85-71-46-72-64(45-63(71)79(61)73(75(57)83)77(59)85)80-62-40-38-52(82(49-25-9-3-10-26-49)50-27-11-4-12-28-50)42-70(62)84-66-34-18-14-30-54(66)58-44-60-56-32-16-20-36-68(56)86(72)78(60)74(80)76(58)84/h1-46H. The van der Waals surface area contributed by atoms with Crippen LogP contribution < -0.4 is 42.6 Å². The minimum atomic E-state index is -0.0955. The molecular formula is C78H46B2N6. The van der Waals surface area contributed by atoms with Crippen LogP contribution >= 0.6 is 0 Å². The van der Waals surface area contributed by atoms with E-state index >= 15 is 0 Å². The molecule has 0 atom stereocenters. The lowest BCUT2D eigenvalue weighted by Gasteiger charge is -2.37. The van der Waals surface area contributed by atoms with Gasteiger partial charge in [-0.2, -0.15) is 0 Å². The van der Waals surface area contributed by atoms with E-state index in [0.29, 0.717) is 0 Å². The van der Waals surface area contributed by atoms with Gasteiger partial charge in [0, 0.05) is 100.0 Å². The normalized spacial score (nSPS) is 13.1. The second-order valence-corrected chi connectivity index (χ2v) is 23.9. The average molecular weight is 1090 g/mol. The molecule has 8 heteroatoms. The van der Waals surface area contributed by atoms with E-state index in [9.17, 15) is 0 Å². The minimum absolute atomic E-state index is 0.0955. The third-order valence-electron chi connectivity index (χ3n) is 19.8. The van der Waals surface area contributed by atoms with Crippen LogP contribution in [0.3, 0.4) is 0 Å². The second-order valence-electron chi connectivity index (χ2n) is 23.9. The van der Waals surface area contributed by atoms with Crippen molar-refractivity contribution in [1.82, 2.24) is 18.3 Å². The summed E-state index contributed by atoms with van der Waals surface area (Å²) in [5.41, 5.74) is 29.7. The van der Waals surface area contributed by atoms with Gasteiger partial charge < -0.3 is 28.1 Å². The maximum atomic E-state index is 2.69. The highest BCUT2D eigenvalue weighted by molar-refractivity contribution is 7.03. The molecule has 0 amide bonds. The van der Waals surface area contributed by atoms with Gasteiger partial charge in [0.05, 0.1) is 44.1 Å². The quantitative estimate of drug-likeness (QED) is 0.155. The van der Waals surface area contributed by atoms with Gasteiger partial charge in [0.15, 0.2) is 0 Å². The van der Waals surface area contributed by atoms with Crippen molar-refractivity contribution in [3.63, 3.8) is 0 Å². The highest BCUT2D eigenvalue weighted by Crippen LogP contribution is 2.47. The zero-order chi connectivity index (χ0) is 55.6. The van der Waals surface area contributed by atoms with Crippen LogP contribution in [0.5, 0.6) is 0 Å². The summed E-state index contributed by atoms with van der Waals surface area (Å²) in [6.45, 7) is -0.191. The van der Waals surface area contributed by atoms with E-state index in [0.717, 1.165) is 34.1 Å². The fourth-order valence-corrected chi connectivity index (χ4v) is 16.6. The Kier molecular flexibility index (Phi) is 8.60. The number of aromatic nitrogens is 4. The third kappa shape index (κ3) is 5.60. The summed E-state index contributed by atoms with van der Waals surface area (Å²) in [6.07, 6.45) is 0. The molecule has 0 N–H and O–H groups in total. The summed E-state index contributed by atoms with van der Waals surface area (Å²) in [5, 5.41) is 10.3. The molecule has 8 heterocycles. The Balaban J connectivity index is 0.904. The molecule has 394 valence electrons. The lowest BCUT2D eigenvalue weighted by Crippen LogP contribution is -2.63. The fraction of sp³-hybridized carbons (Fsp3) is 0. The van der Waals surface area contributed by atoms with Crippen molar-refractivity contribution in [2.24, 2.45) is 0 Å². The molecule has 0 fully saturated rings. The third-order valence-corrected chi connectivity index (χ3v) is 19.8. The summed E-state index contributed by atoms with van der Waals surface area (Å²) in [6, 6.07) is 105. The van der Waals surface area contributed by atoms with Gasteiger partial charge in [-0.15, -0.1) is 0 Å². The first-order valence-corrected chi connectivity index (χ1v) is 30.0. The first-order chi connectivity index (χ1) is 42.7. The molecule has 86 heavy (non-hydrogen) atoms. The largest absolute Gasteiger partial charge is 0.310 e. The number of benzene rings is 13. The van der Waals surface area contributed by atoms with Crippen molar-refractivity contribution in [2.75, 3.05) is 9.80 Å². The molecule has 6 nitrogen and oxygen atoms in total. The maximum absolute atomic E-state index is 2.69. The van der Waals surface area contributed by atoms with E-state index in [2.05, 4.69) is 307 Å². The molecule has 4 aliphatic rings. The molecular weight excluding hydrogens is 1040 g/mol. The van der Waals surface area contributed by atoms with Gasteiger partial charge in [-0.25, -0.2) is 0 Å². The van der Waals surface area contributed by atoms with Gasteiger partial charge in [0.1, 0.15) is 0 Å². The highest BCUT2D eigenvalue weighted by Gasteiger charge is 2.46. The SMILES string of the molecule is c1ccc(N(c2ccccc2)c2ccc3c(c2)-n2c4ccccc4c4cc5c6ccccc6n6c5c(c42)B3c2cc3c(cc2-6)-n2c4ccccc4c4cc5c6ccccc6n6c5c(c42)B3c2ccc(N(c3ccccc3)c3ccccc3)cc2-6)cc1. The zero-order valence-electron chi connectivity index (χ0n) is 46.4. The van der Waals surface area contributed by atoms with E-state index in [1.54, 1.807) is 0 Å². The minimum Gasteiger partial charge on any atom is -0.310 e. The van der Waals surface area contributed by atoms with Crippen LogP contribution in [0.25, 0.3) is 110 Å². The van der Waals surface area contributed by atoms with E-state index in [4.69, 9.17) is 0 Å². The van der Waals surface area contributed by atoms with Gasteiger partial charge in [-0.1, -0.05) is 164 Å². The monoisotopic (exact) mass is 1090 g/mol. The van der Waals surface area contributed by atoms with Crippen LogP contribution in [0.15, 0.2) is 279 Å². The topological polar surface area (TPSA) is 26.2 Å². The number of anilines is 6. The Labute approximate surface area is 494 Å². The average Bonchev–Trinajstić information content (AvgIpc) is 1.44. The van der Waals surface area contributed by atoms with Crippen molar-refractivity contribution >= 4 is 168 Å². The maximum Gasteiger partial charge on any atom is 0.252 e. The van der Waals surface area contributed by atoms with Crippen molar-refractivity contribution in [1.29, 1.82) is 0 Å². The number of nitrogens with zero attached hydrogens (tertiary/aromatic N) is 6. The second kappa shape index (κ2) is 16.3. The molecule has 4 aliphatic heterocycles. The summed E-state index contributed by atoms with van der Waals surface area (Å²) in [5.74, 6) is 0. The smallest absolute Gasteiger partial charge is 0.252 e. The Morgan fingerprint density at radius 2 is 0.488 bits per heavy atom. The molecule has 0 saturated heterocycles. The predicted octanol–water partition coefficient (Wildman–Crippen LogP) is 15.3. The van der Waals surface area contributed by atoms with E-state index in [1.165, 1.54) is 143 Å². The van der Waals surface area contributed by atoms with Gasteiger partial charge in [0.25, 0.3) is 13.4 Å². The van der Waals surface area contributed by atoms with Gasteiger partial charge in [-0.3, -0.25) is 0 Å². The Bertz CT molecular complexity index is 5420. The highest BCUT2D eigenvalue weighted by atomic mass is 15.2. The molecule has 0 unspecified atom stereocenters. The molecule has 0 bridgehead atoms. The molecule has 0 saturated carbocycles. The van der Waals surface area contributed by atoms with Crippen LogP contribution in [0.4, 0.5) is 34.1 Å². The number of hydrogen-bond acceptors (Lipinski definition) is 2. The van der Waals surface area contributed by atoms with Crippen LogP contribution in [0.1, 0.15) is 0 Å². The van der Waals surface area contributed by atoms with Crippen molar-refractivity contribution < 1.29 is 0 Å². The Morgan fingerprint density at radius 3 is 0.802 bits per heavy atom. The summed E-state index contributed by atoms with van der Waals surface area (Å²) in [7, 11) is 0. The van der Waals surface area contributed by atoms with Crippen molar-refractivity contribution in [3.05, 3.63) is 279 Å². The van der Waals surface area contributed by atoms with Gasteiger partial charge in [0.2, 0.25) is 0 Å². The van der Waals surface area contributed by atoms with Crippen molar-refractivity contribution in [2.45, 2.75) is 0 Å². The number of fused-ring (bicyclic) bond motifs is 24.